The van der Waals surface area contributed by atoms with Crippen molar-refractivity contribution < 1.29 is 17.9 Å². The van der Waals surface area contributed by atoms with Gasteiger partial charge in [0.2, 0.25) is 5.78 Å². The van der Waals surface area contributed by atoms with E-state index in [9.17, 15) is 13.2 Å². The Hall–Kier alpha value is -3.17. The van der Waals surface area contributed by atoms with Crippen molar-refractivity contribution in [3.8, 4) is 5.75 Å². The second-order valence-corrected chi connectivity index (χ2v) is 8.84. The van der Waals surface area contributed by atoms with E-state index < -0.39 is 10.0 Å². The smallest absolute Gasteiger partial charge is 0.261 e. The van der Waals surface area contributed by atoms with Crippen molar-refractivity contribution in [2.45, 2.75) is 11.8 Å². The van der Waals surface area contributed by atoms with Crippen LogP contribution in [0.1, 0.15) is 21.7 Å². The SMILES string of the molecule is COc1ccc(S(=O)(=O)Nc2ccc(C(=O)c3c(C)nc4sccn34)cc2)cc1. The van der Waals surface area contributed by atoms with Crippen LogP contribution in [0.3, 0.4) is 0 Å². The number of aryl methyl sites for hydroxylation is 1. The maximum Gasteiger partial charge on any atom is 0.261 e. The third kappa shape index (κ3) is 3.62. The Kier molecular flexibility index (Phi) is 4.85. The van der Waals surface area contributed by atoms with Gasteiger partial charge >= 0.3 is 0 Å². The van der Waals surface area contributed by atoms with Crippen LogP contribution in [0.25, 0.3) is 4.96 Å². The van der Waals surface area contributed by atoms with Crippen molar-refractivity contribution in [1.29, 1.82) is 0 Å². The number of aromatic nitrogens is 2. The van der Waals surface area contributed by atoms with Crippen LogP contribution in [0.15, 0.2) is 65.0 Å². The first-order valence-electron chi connectivity index (χ1n) is 8.63. The van der Waals surface area contributed by atoms with Crippen LogP contribution in [0.2, 0.25) is 0 Å². The molecule has 0 fully saturated rings. The summed E-state index contributed by atoms with van der Waals surface area (Å²) < 4.78 is 34.4. The normalized spacial score (nSPS) is 11.5. The number of carbonyl (C=O) groups is 1. The molecule has 0 radical (unpaired) electrons. The number of sulfonamides is 1. The molecule has 0 atom stereocenters. The fourth-order valence-corrected chi connectivity index (χ4v) is 4.78. The predicted molar refractivity (Wildman–Crippen MR) is 111 cm³/mol. The van der Waals surface area contributed by atoms with Gasteiger partial charge in [-0.3, -0.25) is 13.9 Å². The van der Waals surface area contributed by atoms with E-state index in [1.165, 1.54) is 30.6 Å². The molecule has 7 nitrogen and oxygen atoms in total. The minimum atomic E-state index is -3.75. The molecule has 4 aromatic rings. The molecule has 2 heterocycles. The van der Waals surface area contributed by atoms with Crippen molar-refractivity contribution in [3.63, 3.8) is 0 Å². The summed E-state index contributed by atoms with van der Waals surface area (Å²) in [6, 6.07) is 12.4. The van der Waals surface area contributed by atoms with Crippen LogP contribution in [-0.4, -0.2) is 30.7 Å². The van der Waals surface area contributed by atoms with E-state index in [2.05, 4.69) is 9.71 Å². The van der Waals surface area contributed by atoms with Gasteiger partial charge in [-0.25, -0.2) is 13.4 Å². The first-order chi connectivity index (χ1) is 13.9. The highest BCUT2D eigenvalue weighted by Gasteiger charge is 2.19. The topological polar surface area (TPSA) is 89.8 Å². The Bertz CT molecular complexity index is 1290. The van der Waals surface area contributed by atoms with Gasteiger partial charge in [-0.15, -0.1) is 11.3 Å². The zero-order valence-electron chi connectivity index (χ0n) is 15.6. The van der Waals surface area contributed by atoms with Crippen LogP contribution in [-0.2, 0) is 10.0 Å². The summed E-state index contributed by atoms with van der Waals surface area (Å²) in [4.78, 5) is 18.2. The molecule has 0 saturated heterocycles. The summed E-state index contributed by atoms with van der Waals surface area (Å²) in [5.41, 5.74) is 1.98. The summed E-state index contributed by atoms with van der Waals surface area (Å²) in [6.45, 7) is 1.80. The molecular weight excluding hydrogens is 410 g/mol. The lowest BCUT2D eigenvalue weighted by Crippen LogP contribution is -2.13. The molecule has 0 aliphatic carbocycles. The average Bonchev–Trinajstić information content (AvgIpc) is 3.28. The van der Waals surface area contributed by atoms with Crippen LogP contribution < -0.4 is 9.46 Å². The Morgan fingerprint density at radius 3 is 2.45 bits per heavy atom. The van der Waals surface area contributed by atoms with Crippen molar-refractivity contribution in [2.75, 3.05) is 11.8 Å². The van der Waals surface area contributed by atoms with Crippen LogP contribution in [0.4, 0.5) is 5.69 Å². The van der Waals surface area contributed by atoms with Gasteiger partial charge in [0.1, 0.15) is 11.4 Å². The van der Waals surface area contributed by atoms with Gasteiger partial charge in [-0.2, -0.15) is 0 Å². The standard InChI is InChI=1S/C20H17N3O4S2/c1-13-18(23-11-12-28-20(23)21-13)19(24)14-3-5-15(6-4-14)22-29(25,26)17-9-7-16(27-2)8-10-17/h3-12,22H,1-2H3. The van der Waals surface area contributed by atoms with E-state index in [0.717, 1.165) is 4.96 Å². The minimum Gasteiger partial charge on any atom is -0.497 e. The van der Waals surface area contributed by atoms with Crippen molar-refractivity contribution in [2.24, 2.45) is 0 Å². The molecule has 4 rings (SSSR count). The largest absolute Gasteiger partial charge is 0.497 e. The zero-order valence-corrected chi connectivity index (χ0v) is 17.3. The van der Waals surface area contributed by atoms with Crippen molar-refractivity contribution >= 4 is 37.8 Å². The van der Waals surface area contributed by atoms with Crippen molar-refractivity contribution in [3.05, 3.63) is 77.1 Å². The molecule has 2 aromatic carbocycles. The maximum absolute atomic E-state index is 12.9. The number of ketones is 1. The predicted octanol–water partition coefficient (Wildman–Crippen LogP) is 3.74. The summed E-state index contributed by atoms with van der Waals surface area (Å²) in [5, 5.41) is 1.87. The summed E-state index contributed by atoms with van der Waals surface area (Å²) in [7, 11) is -2.23. The molecule has 1 N–H and O–H groups in total. The number of imidazole rings is 1. The van der Waals surface area contributed by atoms with E-state index in [1.807, 2.05) is 11.6 Å². The van der Waals surface area contributed by atoms with Crippen molar-refractivity contribution in [1.82, 2.24) is 9.38 Å². The summed E-state index contributed by atoms with van der Waals surface area (Å²) in [5.74, 6) is 0.402. The first kappa shape index (κ1) is 19.2. The highest BCUT2D eigenvalue weighted by Crippen LogP contribution is 2.22. The molecule has 0 saturated carbocycles. The zero-order chi connectivity index (χ0) is 20.6. The third-order valence-corrected chi connectivity index (χ3v) is 6.57. The Labute approximate surface area is 171 Å². The number of nitrogens with one attached hydrogen (secondary N) is 1. The number of rotatable bonds is 6. The molecule has 0 bridgehead atoms. The minimum absolute atomic E-state index is 0.119. The quantitative estimate of drug-likeness (QED) is 0.474. The van der Waals surface area contributed by atoms with Gasteiger partial charge in [0, 0.05) is 22.8 Å². The van der Waals surface area contributed by atoms with Crippen LogP contribution >= 0.6 is 11.3 Å². The molecule has 29 heavy (non-hydrogen) atoms. The lowest BCUT2D eigenvalue weighted by Gasteiger charge is -2.09. The van der Waals surface area contributed by atoms with Gasteiger partial charge in [0.15, 0.2) is 4.96 Å². The van der Waals surface area contributed by atoms with Gasteiger partial charge in [0.25, 0.3) is 10.0 Å². The number of hydrogen-bond donors (Lipinski definition) is 1. The number of benzene rings is 2. The Balaban J connectivity index is 1.56. The van der Waals surface area contributed by atoms with E-state index in [4.69, 9.17) is 4.74 Å². The third-order valence-electron chi connectivity index (χ3n) is 4.42. The lowest BCUT2D eigenvalue weighted by molar-refractivity contribution is 0.103. The van der Waals surface area contributed by atoms with E-state index in [1.54, 1.807) is 47.7 Å². The monoisotopic (exact) mass is 427 g/mol. The van der Waals surface area contributed by atoms with E-state index in [0.29, 0.717) is 28.4 Å². The fraction of sp³-hybridized carbons (Fsp3) is 0.100. The van der Waals surface area contributed by atoms with Crippen LogP contribution in [0.5, 0.6) is 5.75 Å². The average molecular weight is 428 g/mol. The molecular formula is C20H17N3O4S2. The summed E-state index contributed by atoms with van der Waals surface area (Å²) >= 11 is 1.46. The highest BCUT2D eigenvalue weighted by molar-refractivity contribution is 7.92. The molecule has 148 valence electrons. The molecule has 0 spiro atoms. The number of nitrogens with zero attached hydrogens (tertiary/aromatic N) is 2. The molecule has 0 aliphatic rings. The number of thiazole rings is 1. The molecule has 0 unspecified atom stereocenters. The number of fused-ring (bicyclic) bond motifs is 1. The Morgan fingerprint density at radius 2 is 1.79 bits per heavy atom. The number of hydrogen-bond acceptors (Lipinski definition) is 6. The molecule has 0 amide bonds. The first-order valence-corrected chi connectivity index (χ1v) is 11.0. The Morgan fingerprint density at radius 1 is 1.10 bits per heavy atom. The maximum atomic E-state index is 12.9. The summed E-state index contributed by atoms with van der Waals surface area (Å²) in [6.07, 6.45) is 1.81. The number of carbonyl (C=O) groups excluding carboxylic acids is 1. The van der Waals surface area contributed by atoms with Gasteiger partial charge in [-0.05, 0) is 55.5 Å². The highest BCUT2D eigenvalue weighted by atomic mass is 32.2. The molecule has 9 heteroatoms. The van der Waals surface area contributed by atoms with Gasteiger partial charge in [-0.1, -0.05) is 0 Å². The second-order valence-electron chi connectivity index (χ2n) is 6.29. The number of methoxy groups -OCH3 is 1. The number of anilines is 1. The van der Waals surface area contributed by atoms with Gasteiger partial charge in [0.05, 0.1) is 17.7 Å². The van der Waals surface area contributed by atoms with Crippen LogP contribution in [0, 0.1) is 6.92 Å². The second kappa shape index (κ2) is 7.34. The molecule has 0 aliphatic heterocycles. The lowest BCUT2D eigenvalue weighted by atomic mass is 10.1. The number of ether oxygens (including phenoxy) is 1. The fourth-order valence-electron chi connectivity index (χ4n) is 2.96. The van der Waals surface area contributed by atoms with Gasteiger partial charge < -0.3 is 4.74 Å². The van der Waals surface area contributed by atoms with E-state index in [-0.39, 0.29) is 10.7 Å². The van der Waals surface area contributed by atoms with E-state index >= 15 is 0 Å². The molecule has 2 aromatic heterocycles.